The van der Waals surface area contributed by atoms with Crippen LogP contribution in [0.15, 0.2) is 18.5 Å². The van der Waals surface area contributed by atoms with Gasteiger partial charge in [0.15, 0.2) is 0 Å². The molecule has 0 radical (unpaired) electrons. The Kier molecular flexibility index (Phi) is 4.24. The molecule has 1 rings (SSSR count). The molecule has 0 fully saturated rings. The highest BCUT2D eigenvalue weighted by molar-refractivity contribution is 5.93. The summed E-state index contributed by atoms with van der Waals surface area (Å²) in [5, 5.41) is 2.80. The van der Waals surface area contributed by atoms with E-state index < -0.39 is 0 Å². The Hall–Kier alpha value is -1.42. The van der Waals surface area contributed by atoms with Crippen molar-refractivity contribution in [3.8, 4) is 0 Å². The van der Waals surface area contributed by atoms with Crippen LogP contribution in [0.3, 0.4) is 0 Å². The predicted octanol–water partition coefficient (Wildman–Crippen LogP) is 0.857. The van der Waals surface area contributed by atoms with Crippen LogP contribution in [0.2, 0.25) is 0 Å². The van der Waals surface area contributed by atoms with Gasteiger partial charge in [-0.1, -0.05) is 0 Å². The molecule has 0 aliphatic heterocycles. The molecule has 0 aliphatic rings. The lowest BCUT2D eigenvalue weighted by Gasteiger charge is -2.07. The number of hydrogen-bond donors (Lipinski definition) is 2. The first-order valence-corrected chi connectivity index (χ1v) is 5.05. The van der Waals surface area contributed by atoms with Gasteiger partial charge in [0.1, 0.15) is 0 Å². The number of aromatic nitrogens is 1. The number of pyridine rings is 1. The first-order valence-electron chi connectivity index (χ1n) is 5.05. The van der Waals surface area contributed by atoms with Gasteiger partial charge in [-0.05, 0) is 31.9 Å². The Morgan fingerprint density at radius 2 is 2.33 bits per heavy atom. The molecule has 1 aromatic heterocycles. The van der Waals surface area contributed by atoms with Gasteiger partial charge in [-0.25, -0.2) is 0 Å². The van der Waals surface area contributed by atoms with Crippen molar-refractivity contribution in [2.24, 2.45) is 5.73 Å². The van der Waals surface area contributed by atoms with E-state index in [4.69, 9.17) is 5.73 Å². The predicted molar refractivity (Wildman–Crippen MR) is 59.6 cm³/mol. The second kappa shape index (κ2) is 5.46. The van der Waals surface area contributed by atoms with Gasteiger partial charge < -0.3 is 11.1 Å². The molecule has 0 spiro atoms. The van der Waals surface area contributed by atoms with E-state index in [0.717, 1.165) is 12.0 Å². The molecule has 1 heterocycles. The van der Waals surface area contributed by atoms with Gasteiger partial charge in [0.05, 0.1) is 5.56 Å². The van der Waals surface area contributed by atoms with Gasteiger partial charge in [0.2, 0.25) is 0 Å². The van der Waals surface area contributed by atoms with Crippen LogP contribution in [0.1, 0.15) is 29.3 Å². The molecule has 1 unspecified atom stereocenters. The monoisotopic (exact) mass is 207 g/mol. The van der Waals surface area contributed by atoms with Gasteiger partial charge in [-0.2, -0.15) is 0 Å². The Balaban J connectivity index is 2.47. The molecule has 0 bridgehead atoms. The van der Waals surface area contributed by atoms with Crippen molar-refractivity contribution in [3.05, 3.63) is 29.6 Å². The zero-order valence-corrected chi connectivity index (χ0v) is 9.16. The number of amides is 1. The fourth-order valence-electron chi connectivity index (χ4n) is 1.19. The highest BCUT2D eigenvalue weighted by Crippen LogP contribution is 2.00. The Labute approximate surface area is 89.9 Å². The summed E-state index contributed by atoms with van der Waals surface area (Å²) in [6.45, 7) is 4.43. The zero-order valence-electron chi connectivity index (χ0n) is 9.16. The highest BCUT2D eigenvalue weighted by Gasteiger charge is 2.05. The Morgan fingerprint density at radius 1 is 1.60 bits per heavy atom. The van der Waals surface area contributed by atoms with Crippen molar-refractivity contribution in [1.82, 2.24) is 10.3 Å². The lowest BCUT2D eigenvalue weighted by Crippen LogP contribution is -2.29. The van der Waals surface area contributed by atoms with E-state index in [1.165, 1.54) is 0 Å². The van der Waals surface area contributed by atoms with E-state index in [1.54, 1.807) is 12.4 Å². The van der Waals surface area contributed by atoms with Gasteiger partial charge in [0.25, 0.3) is 5.91 Å². The lowest BCUT2D eigenvalue weighted by molar-refractivity contribution is 0.0952. The van der Waals surface area contributed by atoms with E-state index in [9.17, 15) is 4.79 Å². The van der Waals surface area contributed by atoms with Gasteiger partial charge in [0, 0.05) is 25.0 Å². The van der Waals surface area contributed by atoms with Crippen LogP contribution in [0.25, 0.3) is 0 Å². The summed E-state index contributed by atoms with van der Waals surface area (Å²) >= 11 is 0. The normalized spacial score (nSPS) is 12.2. The summed E-state index contributed by atoms with van der Waals surface area (Å²) in [7, 11) is 0. The van der Waals surface area contributed by atoms with Crippen molar-refractivity contribution in [2.75, 3.05) is 6.54 Å². The second-order valence-corrected chi connectivity index (χ2v) is 3.77. The van der Waals surface area contributed by atoms with E-state index in [0.29, 0.717) is 12.1 Å². The van der Waals surface area contributed by atoms with Gasteiger partial charge in [-0.3, -0.25) is 9.78 Å². The summed E-state index contributed by atoms with van der Waals surface area (Å²) in [5.41, 5.74) is 7.16. The average molecular weight is 207 g/mol. The van der Waals surface area contributed by atoms with Crippen molar-refractivity contribution in [2.45, 2.75) is 26.3 Å². The minimum absolute atomic E-state index is 0.0909. The molecule has 1 amide bonds. The maximum atomic E-state index is 11.6. The van der Waals surface area contributed by atoms with Crippen LogP contribution in [-0.4, -0.2) is 23.5 Å². The maximum absolute atomic E-state index is 11.6. The second-order valence-electron chi connectivity index (χ2n) is 3.77. The molecule has 0 saturated carbocycles. The third-order valence-electron chi connectivity index (χ3n) is 2.02. The summed E-state index contributed by atoms with van der Waals surface area (Å²) in [6, 6.07) is 1.93. The quantitative estimate of drug-likeness (QED) is 0.769. The molecule has 4 nitrogen and oxygen atoms in total. The minimum Gasteiger partial charge on any atom is -0.352 e. The van der Waals surface area contributed by atoms with Crippen LogP contribution in [0.5, 0.6) is 0 Å². The first kappa shape index (κ1) is 11.7. The zero-order chi connectivity index (χ0) is 11.3. The van der Waals surface area contributed by atoms with Crippen LogP contribution >= 0.6 is 0 Å². The third-order valence-corrected chi connectivity index (χ3v) is 2.02. The molecule has 0 aliphatic carbocycles. The van der Waals surface area contributed by atoms with E-state index >= 15 is 0 Å². The number of aryl methyl sites for hydroxylation is 1. The number of rotatable bonds is 4. The van der Waals surface area contributed by atoms with Crippen LogP contribution < -0.4 is 11.1 Å². The standard InChI is InChI=1S/C11H17N3O/c1-8-5-10(7-13-6-8)11(15)14-4-3-9(2)12/h5-7,9H,3-4,12H2,1-2H3,(H,14,15). The third kappa shape index (κ3) is 4.08. The number of nitrogens with zero attached hydrogens (tertiary/aromatic N) is 1. The van der Waals surface area contributed by atoms with Crippen LogP contribution in [0, 0.1) is 6.92 Å². The van der Waals surface area contributed by atoms with Crippen molar-refractivity contribution in [3.63, 3.8) is 0 Å². The van der Waals surface area contributed by atoms with Gasteiger partial charge in [-0.15, -0.1) is 0 Å². The Morgan fingerprint density at radius 3 is 2.93 bits per heavy atom. The topological polar surface area (TPSA) is 68.0 Å². The highest BCUT2D eigenvalue weighted by atomic mass is 16.1. The summed E-state index contributed by atoms with van der Waals surface area (Å²) < 4.78 is 0. The minimum atomic E-state index is -0.0909. The summed E-state index contributed by atoms with van der Waals surface area (Å²) in [6.07, 6.45) is 4.07. The molecule has 15 heavy (non-hydrogen) atoms. The number of nitrogens with two attached hydrogens (primary N) is 1. The van der Waals surface area contributed by atoms with Gasteiger partial charge >= 0.3 is 0 Å². The molecular weight excluding hydrogens is 190 g/mol. The molecule has 0 aromatic carbocycles. The molecule has 1 aromatic rings. The molecule has 82 valence electrons. The molecule has 1 atom stereocenters. The lowest BCUT2D eigenvalue weighted by atomic mass is 10.2. The number of carbonyl (C=O) groups excluding carboxylic acids is 1. The average Bonchev–Trinajstić information content (AvgIpc) is 2.17. The van der Waals surface area contributed by atoms with Crippen molar-refractivity contribution < 1.29 is 4.79 Å². The maximum Gasteiger partial charge on any atom is 0.252 e. The molecule has 3 N–H and O–H groups in total. The first-order chi connectivity index (χ1) is 7.09. The smallest absolute Gasteiger partial charge is 0.252 e. The Bertz CT molecular complexity index is 336. The van der Waals surface area contributed by atoms with E-state index in [-0.39, 0.29) is 11.9 Å². The number of carbonyl (C=O) groups is 1. The summed E-state index contributed by atoms with van der Waals surface area (Å²) in [5.74, 6) is -0.0909. The van der Waals surface area contributed by atoms with Crippen molar-refractivity contribution >= 4 is 5.91 Å². The van der Waals surface area contributed by atoms with E-state index in [2.05, 4.69) is 10.3 Å². The summed E-state index contributed by atoms with van der Waals surface area (Å²) in [4.78, 5) is 15.5. The molecule has 4 heteroatoms. The molecular formula is C11H17N3O. The number of nitrogens with one attached hydrogen (secondary N) is 1. The SMILES string of the molecule is Cc1cncc(C(=O)NCCC(C)N)c1. The van der Waals surface area contributed by atoms with E-state index in [1.807, 2.05) is 19.9 Å². The fourth-order valence-corrected chi connectivity index (χ4v) is 1.19. The van der Waals surface area contributed by atoms with Crippen LogP contribution in [-0.2, 0) is 0 Å². The van der Waals surface area contributed by atoms with Crippen molar-refractivity contribution in [1.29, 1.82) is 0 Å². The fraction of sp³-hybridized carbons (Fsp3) is 0.455. The van der Waals surface area contributed by atoms with Crippen LogP contribution in [0.4, 0.5) is 0 Å². The molecule has 0 saturated heterocycles. The largest absolute Gasteiger partial charge is 0.352 e. The number of hydrogen-bond acceptors (Lipinski definition) is 3.